The van der Waals surface area contributed by atoms with Gasteiger partial charge in [-0.2, -0.15) is 0 Å². The molecule has 1 atom stereocenters. The number of nitrogens with zero attached hydrogens (tertiary/aromatic N) is 1. The lowest BCUT2D eigenvalue weighted by molar-refractivity contribution is 0.0811. The molecule has 0 N–H and O–H groups in total. The van der Waals surface area contributed by atoms with Gasteiger partial charge in [-0.3, -0.25) is 14.5 Å². The second kappa shape index (κ2) is 9.16. The molecule has 1 aliphatic rings. The van der Waals surface area contributed by atoms with Crippen molar-refractivity contribution in [2.45, 2.75) is 46.3 Å². The van der Waals surface area contributed by atoms with Crippen molar-refractivity contribution < 1.29 is 14.3 Å². The highest BCUT2D eigenvalue weighted by Gasteiger charge is 2.27. The van der Waals surface area contributed by atoms with Crippen molar-refractivity contribution >= 4 is 11.6 Å². The second-order valence-corrected chi connectivity index (χ2v) is 7.89. The lowest BCUT2D eigenvalue weighted by Gasteiger charge is -2.32. The minimum absolute atomic E-state index is 0.000889. The van der Waals surface area contributed by atoms with Crippen molar-refractivity contribution in [3.8, 4) is 5.75 Å². The third kappa shape index (κ3) is 5.29. The van der Waals surface area contributed by atoms with E-state index in [1.54, 1.807) is 6.92 Å². The van der Waals surface area contributed by atoms with Crippen LogP contribution in [0.15, 0.2) is 48.5 Å². The largest absolute Gasteiger partial charge is 0.491 e. The van der Waals surface area contributed by atoms with E-state index in [4.69, 9.17) is 4.74 Å². The van der Waals surface area contributed by atoms with E-state index >= 15 is 0 Å². The molecule has 0 saturated carbocycles. The SMILES string of the molecule is CC(=O)c1cccc(CN2CCCC(C(=O)c3cccc(OC(C)C)c3)C2)c1. The molecule has 1 unspecified atom stereocenters. The highest BCUT2D eigenvalue weighted by molar-refractivity contribution is 5.98. The predicted octanol–water partition coefficient (Wildman–Crippen LogP) is 4.77. The van der Waals surface area contributed by atoms with Gasteiger partial charge in [0.2, 0.25) is 0 Å². The van der Waals surface area contributed by atoms with E-state index in [9.17, 15) is 9.59 Å². The van der Waals surface area contributed by atoms with Crippen LogP contribution >= 0.6 is 0 Å². The molecule has 0 aliphatic carbocycles. The quantitative estimate of drug-likeness (QED) is 0.650. The van der Waals surface area contributed by atoms with Crippen LogP contribution < -0.4 is 4.74 Å². The average molecular weight is 380 g/mol. The van der Waals surface area contributed by atoms with Gasteiger partial charge in [-0.1, -0.05) is 30.3 Å². The normalized spacial score (nSPS) is 17.5. The van der Waals surface area contributed by atoms with Gasteiger partial charge in [-0.05, 0) is 63.9 Å². The number of carbonyl (C=O) groups excluding carboxylic acids is 2. The standard InChI is InChI=1S/C24H29NO3/c1-17(2)28-23-11-5-9-21(14-23)24(27)22-10-6-12-25(16-22)15-19-7-4-8-20(13-19)18(3)26/h4-5,7-9,11,13-14,17,22H,6,10,12,15-16H2,1-3H3. The molecule has 1 saturated heterocycles. The molecule has 2 aromatic rings. The van der Waals surface area contributed by atoms with Crippen LogP contribution in [-0.4, -0.2) is 35.7 Å². The fourth-order valence-electron chi connectivity index (χ4n) is 3.79. The number of hydrogen-bond donors (Lipinski definition) is 0. The maximum absolute atomic E-state index is 13.1. The number of hydrogen-bond acceptors (Lipinski definition) is 4. The molecule has 2 aromatic carbocycles. The summed E-state index contributed by atoms with van der Waals surface area (Å²) in [6.45, 7) is 8.04. The first-order valence-electron chi connectivity index (χ1n) is 10.1. The number of benzene rings is 2. The Morgan fingerprint density at radius 2 is 1.86 bits per heavy atom. The van der Waals surface area contributed by atoms with Crippen molar-refractivity contribution in [1.29, 1.82) is 0 Å². The minimum atomic E-state index is -0.000889. The Morgan fingerprint density at radius 3 is 2.61 bits per heavy atom. The summed E-state index contributed by atoms with van der Waals surface area (Å²) in [4.78, 5) is 27.0. The summed E-state index contributed by atoms with van der Waals surface area (Å²) < 4.78 is 5.73. The van der Waals surface area contributed by atoms with Gasteiger partial charge in [0.1, 0.15) is 5.75 Å². The lowest BCUT2D eigenvalue weighted by atomic mass is 9.89. The Labute approximate surface area is 167 Å². The van der Waals surface area contributed by atoms with Crippen molar-refractivity contribution in [3.05, 3.63) is 65.2 Å². The van der Waals surface area contributed by atoms with Crippen molar-refractivity contribution in [3.63, 3.8) is 0 Å². The molecule has 148 valence electrons. The summed E-state index contributed by atoms with van der Waals surface area (Å²) in [5.41, 5.74) is 2.58. The van der Waals surface area contributed by atoms with Crippen molar-refractivity contribution in [1.82, 2.24) is 4.90 Å². The number of rotatable bonds is 7. The highest BCUT2D eigenvalue weighted by Crippen LogP contribution is 2.24. The predicted molar refractivity (Wildman–Crippen MR) is 111 cm³/mol. The summed E-state index contributed by atoms with van der Waals surface area (Å²) >= 11 is 0. The Hall–Kier alpha value is -2.46. The molecule has 4 nitrogen and oxygen atoms in total. The fraction of sp³-hybridized carbons (Fsp3) is 0.417. The van der Waals surface area contributed by atoms with E-state index in [-0.39, 0.29) is 23.6 Å². The lowest BCUT2D eigenvalue weighted by Crippen LogP contribution is -2.38. The molecule has 28 heavy (non-hydrogen) atoms. The van der Waals surface area contributed by atoms with E-state index in [0.717, 1.165) is 54.9 Å². The second-order valence-electron chi connectivity index (χ2n) is 7.89. The third-order valence-electron chi connectivity index (χ3n) is 5.11. The van der Waals surface area contributed by atoms with E-state index < -0.39 is 0 Å². The number of ketones is 2. The maximum atomic E-state index is 13.1. The first-order chi connectivity index (χ1) is 13.4. The first kappa shape index (κ1) is 20.3. The summed E-state index contributed by atoms with van der Waals surface area (Å²) in [5, 5.41) is 0. The molecule has 4 heteroatoms. The number of Topliss-reactive ketones (excluding diaryl/α,β-unsaturated/α-hetero) is 2. The topological polar surface area (TPSA) is 46.6 Å². The van der Waals surface area contributed by atoms with Gasteiger partial charge in [0.15, 0.2) is 11.6 Å². The number of carbonyl (C=O) groups is 2. The van der Waals surface area contributed by atoms with Crippen LogP contribution in [0.25, 0.3) is 0 Å². The van der Waals surface area contributed by atoms with Gasteiger partial charge in [0.05, 0.1) is 6.10 Å². The molecule has 0 amide bonds. The van der Waals surface area contributed by atoms with Crippen LogP contribution in [0.2, 0.25) is 0 Å². The molecule has 1 aliphatic heterocycles. The smallest absolute Gasteiger partial charge is 0.167 e. The number of piperidine rings is 1. The van der Waals surface area contributed by atoms with E-state index in [2.05, 4.69) is 4.90 Å². The molecule has 0 radical (unpaired) electrons. The molecular weight excluding hydrogens is 350 g/mol. The zero-order chi connectivity index (χ0) is 20.1. The number of likely N-dealkylation sites (tertiary alicyclic amines) is 1. The monoisotopic (exact) mass is 379 g/mol. The first-order valence-corrected chi connectivity index (χ1v) is 10.1. The zero-order valence-corrected chi connectivity index (χ0v) is 17.0. The Morgan fingerprint density at radius 1 is 1.11 bits per heavy atom. The number of ether oxygens (including phenoxy) is 1. The maximum Gasteiger partial charge on any atom is 0.167 e. The van der Waals surface area contributed by atoms with Crippen LogP contribution in [0.5, 0.6) is 5.75 Å². The molecular formula is C24H29NO3. The van der Waals surface area contributed by atoms with Crippen LogP contribution in [0.1, 0.15) is 59.9 Å². The molecule has 1 heterocycles. The zero-order valence-electron chi connectivity index (χ0n) is 17.0. The van der Waals surface area contributed by atoms with Crippen LogP contribution in [0, 0.1) is 5.92 Å². The van der Waals surface area contributed by atoms with Gasteiger partial charge in [0, 0.05) is 30.1 Å². The molecule has 0 aromatic heterocycles. The summed E-state index contributed by atoms with van der Waals surface area (Å²) in [6.07, 6.45) is 2.00. The highest BCUT2D eigenvalue weighted by atomic mass is 16.5. The summed E-state index contributed by atoms with van der Waals surface area (Å²) in [6, 6.07) is 15.3. The van der Waals surface area contributed by atoms with Crippen LogP contribution in [0.4, 0.5) is 0 Å². The Balaban J connectivity index is 1.67. The minimum Gasteiger partial charge on any atom is -0.491 e. The van der Waals surface area contributed by atoms with Crippen molar-refractivity contribution in [2.75, 3.05) is 13.1 Å². The van der Waals surface area contributed by atoms with Crippen LogP contribution in [-0.2, 0) is 6.54 Å². The molecule has 0 bridgehead atoms. The Bertz CT molecular complexity index is 843. The van der Waals surface area contributed by atoms with E-state index in [1.165, 1.54) is 0 Å². The average Bonchev–Trinajstić information content (AvgIpc) is 2.67. The van der Waals surface area contributed by atoms with Crippen molar-refractivity contribution in [2.24, 2.45) is 5.92 Å². The van der Waals surface area contributed by atoms with Crippen LogP contribution in [0.3, 0.4) is 0 Å². The third-order valence-corrected chi connectivity index (χ3v) is 5.11. The van der Waals surface area contributed by atoms with Gasteiger partial charge in [0.25, 0.3) is 0 Å². The van der Waals surface area contributed by atoms with Gasteiger partial charge in [-0.25, -0.2) is 0 Å². The van der Waals surface area contributed by atoms with E-state index in [1.807, 2.05) is 62.4 Å². The van der Waals surface area contributed by atoms with Gasteiger partial charge in [-0.15, -0.1) is 0 Å². The van der Waals surface area contributed by atoms with Gasteiger partial charge >= 0.3 is 0 Å². The molecule has 3 rings (SSSR count). The summed E-state index contributed by atoms with van der Waals surface area (Å²) in [7, 11) is 0. The Kier molecular flexibility index (Phi) is 6.63. The fourth-order valence-corrected chi connectivity index (χ4v) is 3.79. The van der Waals surface area contributed by atoms with Gasteiger partial charge < -0.3 is 4.74 Å². The van der Waals surface area contributed by atoms with E-state index in [0.29, 0.717) is 0 Å². The molecule has 0 spiro atoms. The summed E-state index contributed by atoms with van der Waals surface area (Å²) in [5.74, 6) is 1.02. The molecule has 1 fully saturated rings.